The molecule has 0 unspecified atom stereocenters. The first-order valence-electron chi connectivity index (χ1n) is 9.25. The van der Waals surface area contributed by atoms with Gasteiger partial charge in [0.15, 0.2) is 0 Å². The van der Waals surface area contributed by atoms with E-state index in [1.165, 1.54) is 30.8 Å². The van der Waals surface area contributed by atoms with Crippen LogP contribution in [0, 0.1) is 6.92 Å². The number of rotatable bonds is 5. The van der Waals surface area contributed by atoms with Crippen molar-refractivity contribution in [1.82, 2.24) is 20.0 Å². The zero-order chi connectivity index (χ0) is 17.2. The Morgan fingerprint density at radius 2 is 2.08 bits per heavy atom. The summed E-state index contributed by atoms with van der Waals surface area (Å²) in [4.78, 5) is 16.9. The third-order valence-electron chi connectivity index (χ3n) is 5.44. The highest BCUT2D eigenvalue weighted by Gasteiger charge is 2.33. The fourth-order valence-corrected chi connectivity index (χ4v) is 4.90. The molecule has 1 aliphatic heterocycles. The first-order chi connectivity index (χ1) is 12.2. The Kier molecular flexibility index (Phi) is 4.99. The van der Waals surface area contributed by atoms with Gasteiger partial charge in [0.2, 0.25) is 5.91 Å². The number of thioether (sulfide) groups is 1. The molecule has 5 nitrogen and oxygen atoms in total. The molecule has 3 heterocycles. The van der Waals surface area contributed by atoms with Gasteiger partial charge in [-0.3, -0.25) is 4.79 Å². The summed E-state index contributed by atoms with van der Waals surface area (Å²) in [5.74, 6) is 2.61. The topological polar surface area (TPSA) is 58.4 Å². The van der Waals surface area contributed by atoms with E-state index in [2.05, 4.69) is 15.6 Å². The lowest BCUT2D eigenvalue weighted by Crippen LogP contribution is -2.59. The molecule has 1 saturated heterocycles. The van der Waals surface area contributed by atoms with E-state index in [9.17, 15) is 4.79 Å². The molecular weight excluding hydrogens is 332 g/mol. The van der Waals surface area contributed by atoms with Gasteiger partial charge in [0, 0.05) is 30.5 Å². The standard InChI is InChI=1S/C19H26N4OS/c1-13-3-2-8-23-15(12-20-19(13)23)11-18(24)22-17-5-4-16(17)21-14-6-9-25-10-7-14/h2-3,8,12,14,16-17,21H,4-7,9-11H2,1H3,(H,22,24)/t16-,17+/m1/s1. The molecule has 25 heavy (non-hydrogen) atoms. The molecule has 2 aliphatic rings. The monoisotopic (exact) mass is 358 g/mol. The van der Waals surface area contributed by atoms with Gasteiger partial charge in [-0.05, 0) is 55.7 Å². The number of imidazole rings is 1. The van der Waals surface area contributed by atoms with Gasteiger partial charge in [0.25, 0.3) is 0 Å². The van der Waals surface area contributed by atoms with E-state index in [-0.39, 0.29) is 11.9 Å². The predicted octanol–water partition coefficient (Wildman–Crippen LogP) is 2.32. The Labute approximate surface area is 153 Å². The Hall–Kier alpha value is -1.53. The van der Waals surface area contributed by atoms with Crippen molar-refractivity contribution in [2.24, 2.45) is 0 Å². The van der Waals surface area contributed by atoms with Crippen molar-refractivity contribution in [1.29, 1.82) is 0 Å². The van der Waals surface area contributed by atoms with Crippen LogP contribution in [0.25, 0.3) is 5.65 Å². The van der Waals surface area contributed by atoms with E-state index in [0.717, 1.165) is 23.3 Å². The summed E-state index contributed by atoms with van der Waals surface area (Å²) in [6.45, 7) is 2.04. The largest absolute Gasteiger partial charge is 0.351 e. The number of amides is 1. The van der Waals surface area contributed by atoms with Gasteiger partial charge in [-0.25, -0.2) is 4.98 Å². The number of fused-ring (bicyclic) bond motifs is 1. The molecule has 2 fully saturated rings. The molecule has 0 spiro atoms. The van der Waals surface area contributed by atoms with Crippen LogP contribution in [0.2, 0.25) is 0 Å². The van der Waals surface area contributed by atoms with Gasteiger partial charge in [-0.15, -0.1) is 0 Å². The maximum absolute atomic E-state index is 12.5. The number of carbonyl (C=O) groups is 1. The lowest BCUT2D eigenvalue weighted by Gasteiger charge is -2.41. The number of carbonyl (C=O) groups excluding carboxylic acids is 1. The van der Waals surface area contributed by atoms with Gasteiger partial charge >= 0.3 is 0 Å². The van der Waals surface area contributed by atoms with Crippen LogP contribution in [-0.4, -0.2) is 44.9 Å². The van der Waals surface area contributed by atoms with Crippen molar-refractivity contribution < 1.29 is 4.79 Å². The minimum Gasteiger partial charge on any atom is -0.351 e. The van der Waals surface area contributed by atoms with Gasteiger partial charge in [-0.2, -0.15) is 11.8 Å². The molecule has 2 atom stereocenters. The highest BCUT2D eigenvalue weighted by atomic mass is 32.2. The second kappa shape index (κ2) is 7.38. The second-order valence-electron chi connectivity index (χ2n) is 7.22. The number of hydrogen-bond acceptors (Lipinski definition) is 4. The van der Waals surface area contributed by atoms with Crippen molar-refractivity contribution in [3.05, 3.63) is 35.8 Å². The number of aromatic nitrogens is 2. The van der Waals surface area contributed by atoms with E-state index in [1.54, 1.807) is 0 Å². The van der Waals surface area contributed by atoms with Crippen LogP contribution in [0.15, 0.2) is 24.5 Å². The maximum Gasteiger partial charge on any atom is 0.226 e. The third kappa shape index (κ3) is 3.70. The zero-order valence-corrected chi connectivity index (χ0v) is 15.5. The van der Waals surface area contributed by atoms with Crippen LogP contribution in [0.5, 0.6) is 0 Å². The minimum absolute atomic E-state index is 0.0963. The molecular formula is C19H26N4OS. The molecule has 0 bridgehead atoms. The van der Waals surface area contributed by atoms with Crippen LogP contribution in [0.1, 0.15) is 36.9 Å². The minimum atomic E-state index is 0.0963. The van der Waals surface area contributed by atoms with E-state index in [0.29, 0.717) is 18.5 Å². The zero-order valence-electron chi connectivity index (χ0n) is 14.7. The molecule has 1 amide bonds. The average Bonchev–Trinajstić information content (AvgIpc) is 3.02. The third-order valence-corrected chi connectivity index (χ3v) is 6.49. The molecule has 134 valence electrons. The Morgan fingerprint density at radius 1 is 1.28 bits per heavy atom. The fraction of sp³-hybridized carbons (Fsp3) is 0.579. The second-order valence-corrected chi connectivity index (χ2v) is 8.45. The average molecular weight is 359 g/mol. The van der Waals surface area contributed by atoms with Gasteiger partial charge in [-0.1, -0.05) is 6.07 Å². The van der Waals surface area contributed by atoms with Crippen molar-refractivity contribution in [3.8, 4) is 0 Å². The molecule has 2 aromatic rings. The predicted molar refractivity (Wildman–Crippen MR) is 102 cm³/mol. The normalized spacial score (nSPS) is 24.2. The van der Waals surface area contributed by atoms with Crippen molar-refractivity contribution >= 4 is 23.3 Å². The van der Waals surface area contributed by atoms with E-state index in [4.69, 9.17) is 0 Å². The number of hydrogen-bond donors (Lipinski definition) is 2. The molecule has 6 heteroatoms. The molecule has 2 N–H and O–H groups in total. The molecule has 1 saturated carbocycles. The van der Waals surface area contributed by atoms with Crippen LogP contribution in [0.3, 0.4) is 0 Å². The Balaban J connectivity index is 1.33. The summed E-state index contributed by atoms with van der Waals surface area (Å²) >= 11 is 2.05. The summed E-state index contributed by atoms with van der Waals surface area (Å²) in [5, 5.41) is 6.99. The van der Waals surface area contributed by atoms with E-state index < -0.39 is 0 Å². The van der Waals surface area contributed by atoms with Crippen LogP contribution >= 0.6 is 11.8 Å². The highest BCUT2D eigenvalue weighted by Crippen LogP contribution is 2.24. The number of nitrogens with zero attached hydrogens (tertiary/aromatic N) is 2. The molecule has 1 aliphatic carbocycles. The SMILES string of the molecule is Cc1cccn2c(CC(=O)N[C@H]3CC[C@H]3NC3CCSCC3)cnc12. The van der Waals surface area contributed by atoms with Gasteiger partial charge in [0.1, 0.15) is 5.65 Å². The Bertz CT molecular complexity index is 753. The molecule has 0 aromatic carbocycles. The molecule has 0 radical (unpaired) electrons. The van der Waals surface area contributed by atoms with Crippen molar-refractivity contribution in [3.63, 3.8) is 0 Å². The van der Waals surface area contributed by atoms with Crippen molar-refractivity contribution in [2.45, 2.75) is 57.2 Å². The summed E-state index contributed by atoms with van der Waals surface area (Å²) in [5.41, 5.74) is 3.01. The maximum atomic E-state index is 12.5. The first-order valence-corrected chi connectivity index (χ1v) is 10.4. The lowest BCUT2D eigenvalue weighted by atomic mass is 9.85. The van der Waals surface area contributed by atoms with E-state index >= 15 is 0 Å². The highest BCUT2D eigenvalue weighted by molar-refractivity contribution is 7.99. The number of aryl methyl sites for hydroxylation is 1. The van der Waals surface area contributed by atoms with Crippen LogP contribution in [0.4, 0.5) is 0 Å². The van der Waals surface area contributed by atoms with Crippen LogP contribution in [-0.2, 0) is 11.2 Å². The first kappa shape index (κ1) is 16.9. The summed E-state index contributed by atoms with van der Waals surface area (Å²) in [7, 11) is 0. The fourth-order valence-electron chi connectivity index (χ4n) is 3.79. The van der Waals surface area contributed by atoms with E-state index in [1.807, 2.05) is 47.6 Å². The summed E-state index contributed by atoms with van der Waals surface area (Å²) in [6.07, 6.45) is 8.94. The Morgan fingerprint density at radius 3 is 2.84 bits per heavy atom. The number of pyridine rings is 1. The molecule has 2 aromatic heterocycles. The summed E-state index contributed by atoms with van der Waals surface area (Å²) < 4.78 is 2.02. The van der Waals surface area contributed by atoms with Gasteiger partial charge in [0.05, 0.1) is 12.1 Å². The quantitative estimate of drug-likeness (QED) is 0.861. The number of nitrogens with one attached hydrogen (secondary N) is 2. The molecule has 4 rings (SSSR count). The smallest absolute Gasteiger partial charge is 0.226 e. The van der Waals surface area contributed by atoms with Gasteiger partial charge < -0.3 is 15.0 Å². The lowest BCUT2D eigenvalue weighted by molar-refractivity contribution is -0.122. The van der Waals surface area contributed by atoms with Crippen LogP contribution < -0.4 is 10.6 Å². The summed E-state index contributed by atoms with van der Waals surface area (Å²) in [6, 6.07) is 5.40. The van der Waals surface area contributed by atoms with Crippen molar-refractivity contribution in [2.75, 3.05) is 11.5 Å².